The van der Waals surface area contributed by atoms with Crippen LogP contribution in [0.1, 0.15) is 35.2 Å². The van der Waals surface area contributed by atoms with Crippen LogP contribution in [-0.4, -0.2) is 11.7 Å². The number of Topliss-reactive ketones (excluding diaryl/α,β-unsaturated/α-hetero) is 1. The molecule has 3 nitrogen and oxygen atoms in total. The Morgan fingerprint density at radius 3 is 2.67 bits per heavy atom. The van der Waals surface area contributed by atoms with Crippen molar-refractivity contribution in [1.29, 1.82) is 0 Å². The number of primary amides is 1. The van der Waals surface area contributed by atoms with Gasteiger partial charge in [-0.15, -0.1) is 0 Å². The van der Waals surface area contributed by atoms with Gasteiger partial charge in [0.2, 0.25) is 5.91 Å². The summed E-state index contributed by atoms with van der Waals surface area (Å²) in [5.41, 5.74) is 6.90. The summed E-state index contributed by atoms with van der Waals surface area (Å²) in [5.74, 6) is -1.33. The maximum atomic E-state index is 11.9. The molecule has 2 N–H and O–H groups in total. The van der Waals surface area contributed by atoms with Crippen LogP contribution >= 0.6 is 0 Å². The fourth-order valence-electron chi connectivity index (χ4n) is 2.36. The van der Waals surface area contributed by atoms with E-state index in [0.717, 1.165) is 12.0 Å². The van der Waals surface area contributed by atoms with Gasteiger partial charge in [-0.3, -0.25) is 9.59 Å². The van der Waals surface area contributed by atoms with Crippen molar-refractivity contribution in [3.05, 3.63) is 35.4 Å². The number of hydrogen-bond acceptors (Lipinski definition) is 2. The second-order valence-corrected chi connectivity index (χ2v) is 3.85. The highest BCUT2D eigenvalue weighted by molar-refractivity contribution is 6.14. The molecule has 0 aromatic heterocycles. The fraction of sp³-hybridized carbons (Fsp3) is 0.333. The molecule has 15 heavy (non-hydrogen) atoms. The number of hydrogen-bond donors (Lipinski definition) is 1. The van der Waals surface area contributed by atoms with Crippen molar-refractivity contribution in [3.8, 4) is 0 Å². The maximum Gasteiger partial charge on any atom is 0.229 e. The average Bonchev–Trinajstić information content (AvgIpc) is 2.52. The summed E-state index contributed by atoms with van der Waals surface area (Å²) in [6, 6.07) is 7.37. The van der Waals surface area contributed by atoms with Gasteiger partial charge < -0.3 is 5.73 Å². The van der Waals surface area contributed by atoms with Gasteiger partial charge in [0.15, 0.2) is 5.78 Å². The third-order valence-electron chi connectivity index (χ3n) is 3.06. The zero-order chi connectivity index (χ0) is 11.0. The summed E-state index contributed by atoms with van der Waals surface area (Å²) in [7, 11) is 0. The number of rotatable bonds is 2. The molecule has 78 valence electrons. The van der Waals surface area contributed by atoms with Gasteiger partial charge in [-0.1, -0.05) is 31.2 Å². The predicted molar refractivity (Wildman–Crippen MR) is 56.5 cm³/mol. The minimum atomic E-state index is -0.660. The van der Waals surface area contributed by atoms with E-state index in [1.54, 1.807) is 6.07 Å². The summed E-state index contributed by atoms with van der Waals surface area (Å²) >= 11 is 0. The third-order valence-corrected chi connectivity index (χ3v) is 3.06. The first kappa shape index (κ1) is 9.90. The molecule has 0 fully saturated rings. The normalized spacial score (nSPS) is 23.9. The molecular weight excluding hydrogens is 190 g/mol. The molecule has 0 aliphatic heterocycles. The predicted octanol–water partition coefficient (Wildman–Crippen LogP) is 1.48. The van der Waals surface area contributed by atoms with Gasteiger partial charge >= 0.3 is 0 Å². The third kappa shape index (κ3) is 1.35. The molecule has 2 atom stereocenters. The van der Waals surface area contributed by atoms with Crippen molar-refractivity contribution < 1.29 is 9.59 Å². The number of fused-ring (bicyclic) bond motifs is 1. The molecule has 2 rings (SSSR count). The van der Waals surface area contributed by atoms with Crippen molar-refractivity contribution >= 4 is 11.7 Å². The van der Waals surface area contributed by atoms with Gasteiger partial charge in [-0.25, -0.2) is 0 Å². The van der Waals surface area contributed by atoms with E-state index in [-0.39, 0.29) is 11.7 Å². The Kier molecular flexibility index (Phi) is 2.31. The number of benzene rings is 1. The van der Waals surface area contributed by atoms with E-state index in [0.29, 0.717) is 5.56 Å². The Hall–Kier alpha value is -1.64. The van der Waals surface area contributed by atoms with E-state index in [1.165, 1.54) is 0 Å². The molecule has 1 aromatic rings. The molecule has 0 saturated carbocycles. The number of ketones is 1. The molecule has 1 aliphatic rings. The van der Waals surface area contributed by atoms with Crippen LogP contribution < -0.4 is 5.73 Å². The van der Waals surface area contributed by atoms with Crippen molar-refractivity contribution in [3.63, 3.8) is 0 Å². The Morgan fingerprint density at radius 2 is 2.07 bits per heavy atom. The highest BCUT2D eigenvalue weighted by Gasteiger charge is 2.41. The number of carbonyl (C=O) groups excluding carboxylic acids is 2. The molecule has 0 saturated heterocycles. The van der Waals surface area contributed by atoms with Crippen LogP contribution in [0.2, 0.25) is 0 Å². The Morgan fingerprint density at radius 1 is 1.40 bits per heavy atom. The van der Waals surface area contributed by atoms with Gasteiger partial charge in [0.25, 0.3) is 0 Å². The highest BCUT2D eigenvalue weighted by atomic mass is 16.2. The van der Waals surface area contributed by atoms with E-state index in [2.05, 4.69) is 0 Å². The van der Waals surface area contributed by atoms with E-state index < -0.39 is 11.8 Å². The molecule has 2 unspecified atom stereocenters. The summed E-state index contributed by atoms with van der Waals surface area (Å²) in [6.07, 6.45) is 0.760. The van der Waals surface area contributed by atoms with E-state index >= 15 is 0 Å². The highest BCUT2D eigenvalue weighted by Crippen LogP contribution is 2.39. The monoisotopic (exact) mass is 203 g/mol. The maximum absolute atomic E-state index is 11.9. The van der Waals surface area contributed by atoms with Crippen LogP contribution in [0.3, 0.4) is 0 Å². The molecule has 1 aliphatic carbocycles. The molecule has 1 aromatic carbocycles. The second kappa shape index (κ2) is 3.50. The molecular formula is C12H13NO2. The quantitative estimate of drug-likeness (QED) is 0.740. The number of amides is 1. The molecule has 3 heteroatoms. The Balaban J connectivity index is 2.53. The van der Waals surface area contributed by atoms with Gasteiger partial charge in [0, 0.05) is 11.5 Å². The van der Waals surface area contributed by atoms with Crippen LogP contribution in [-0.2, 0) is 4.79 Å². The number of carbonyl (C=O) groups is 2. The smallest absolute Gasteiger partial charge is 0.229 e. The fourth-order valence-corrected chi connectivity index (χ4v) is 2.36. The van der Waals surface area contributed by atoms with Crippen molar-refractivity contribution in [1.82, 2.24) is 0 Å². The summed E-state index contributed by atoms with van der Waals surface area (Å²) in [5, 5.41) is 0. The van der Waals surface area contributed by atoms with Gasteiger partial charge in [0.1, 0.15) is 5.92 Å². The summed E-state index contributed by atoms with van der Waals surface area (Å²) in [4.78, 5) is 23.2. The largest absolute Gasteiger partial charge is 0.369 e. The van der Waals surface area contributed by atoms with Crippen LogP contribution in [0.25, 0.3) is 0 Å². The first-order valence-corrected chi connectivity index (χ1v) is 5.09. The molecule has 0 spiro atoms. The summed E-state index contributed by atoms with van der Waals surface area (Å²) < 4.78 is 0. The van der Waals surface area contributed by atoms with Crippen molar-refractivity contribution in [2.75, 3.05) is 0 Å². The van der Waals surface area contributed by atoms with Crippen molar-refractivity contribution in [2.45, 2.75) is 19.3 Å². The minimum Gasteiger partial charge on any atom is -0.369 e. The average molecular weight is 203 g/mol. The molecule has 0 heterocycles. The van der Waals surface area contributed by atoms with E-state index in [4.69, 9.17) is 5.73 Å². The lowest BCUT2D eigenvalue weighted by Gasteiger charge is -2.13. The SMILES string of the molecule is CCC1c2ccccc2C(=O)C1C(N)=O. The van der Waals surface area contributed by atoms with Crippen LogP contribution in [0.5, 0.6) is 0 Å². The zero-order valence-corrected chi connectivity index (χ0v) is 8.57. The van der Waals surface area contributed by atoms with Gasteiger partial charge in [-0.05, 0) is 12.0 Å². The van der Waals surface area contributed by atoms with Crippen LogP contribution in [0.4, 0.5) is 0 Å². The summed E-state index contributed by atoms with van der Waals surface area (Å²) in [6.45, 7) is 1.97. The van der Waals surface area contributed by atoms with Gasteiger partial charge in [0.05, 0.1) is 0 Å². The van der Waals surface area contributed by atoms with Crippen LogP contribution in [0.15, 0.2) is 24.3 Å². The molecule has 0 radical (unpaired) electrons. The van der Waals surface area contributed by atoms with Crippen LogP contribution in [0, 0.1) is 5.92 Å². The molecule has 1 amide bonds. The zero-order valence-electron chi connectivity index (χ0n) is 8.57. The number of nitrogens with two attached hydrogens (primary N) is 1. The van der Waals surface area contributed by atoms with Gasteiger partial charge in [-0.2, -0.15) is 0 Å². The standard InChI is InChI=1S/C12H13NO2/c1-2-7-8-5-3-4-6-9(8)11(14)10(7)12(13)15/h3-7,10H,2H2,1H3,(H2,13,15). The van der Waals surface area contributed by atoms with Crippen molar-refractivity contribution in [2.24, 2.45) is 11.7 Å². The lowest BCUT2D eigenvalue weighted by Crippen LogP contribution is -2.30. The Labute approximate surface area is 88.3 Å². The minimum absolute atomic E-state index is 0.0359. The first-order valence-electron chi connectivity index (χ1n) is 5.09. The second-order valence-electron chi connectivity index (χ2n) is 3.85. The lowest BCUT2D eigenvalue weighted by molar-refractivity contribution is -0.120. The lowest BCUT2D eigenvalue weighted by atomic mass is 9.89. The van der Waals surface area contributed by atoms with E-state index in [1.807, 2.05) is 25.1 Å². The Bertz CT molecular complexity index is 425. The topological polar surface area (TPSA) is 60.2 Å². The molecule has 0 bridgehead atoms. The first-order chi connectivity index (χ1) is 7.16. The van der Waals surface area contributed by atoms with E-state index in [9.17, 15) is 9.59 Å².